The van der Waals surface area contributed by atoms with Gasteiger partial charge in [-0.25, -0.2) is 8.42 Å². The average Bonchev–Trinajstić information content (AvgIpc) is 2.92. The fourth-order valence-electron chi connectivity index (χ4n) is 3.20. The van der Waals surface area contributed by atoms with Crippen molar-refractivity contribution in [1.29, 1.82) is 0 Å². The summed E-state index contributed by atoms with van der Waals surface area (Å²) in [6.07, 6.45) is -0.0798. The van der Waals surface area contributed by atoms with E-state index >= 15 is 0 Å². The van der Waals surface area contributed by atoms with Crippen LogP contribution >= 0.6 is 23.2 Å². The zero-order chi connectivity index (χ0) is 22.1. The first kappa shape index (κ1) is 22.3. The highest BCUT2D eigenvalue weighted by Gasteiger charge is 2.17. The normalized spacial score (nSPS) is 11.6. The average molecular weight is 467 g/mol. The molecule has 1 heterocycles. The highest BCUT2D eigenvalue weighted by molar-refractivity contribution is 7.90. The summed E-state index contributed by atoms with van der Waals surface area (Å²) in [5.41, 5.74) is 3.57. The predicted octanol–water partition coefficient (Wildman–Crippen LogP) is 4.46. The molecule has 0 atom stereocenters. The number of aliphatic carboxylic acids is 1. The number of aromatic nitrogens is 2. The molecule has 0 amide bonds. The number of benzene rings is 2. The maximum atomic E-state index is 12.7. The number of aryl methyl sites for hydroxylation is 1. The third kappa shape index (κ3) is 5.03. The van der Waals surface area contributed by atoms with Crippen molar-refractivity contribution in [3.63, 3.8) is 0 Å². The first-order valence-corrected chi connectivity index (χ1v) is 11.5. The van der Waals surface area contributed by atoms with Crippen LogP contribution in [0.3, 0.4) is 0 Å². The number of hydrogen-bond donors (Lipinski definition) is 1. The van der Waals surface area contributed by atoms with Crippen LogP contribution in [0.15, 0.2) is 47.4 Å². The molecule has 9 heteroatoms. The molecule has 0 bridgehead atoms. The lowest BCUT2D eigenvalue weighted by molar-refractivity contribution is -0.136. The Morgan fingerprint density at radius 2 is 1.67 bits per heavy atom. The molecule has 1 aromatic heterocycles. The van der Waals surface area contributed by atoms with E-state index in [1.54, 1.807) is 54.1 Å². The van der Waals surface area contributed by atoms with Crippen molar-refractivity contribution >= 4 is 39.0 Å². The van der Waals surface area contributed by atoms with Gasteiger partial charge < -0.3 is 5.11 Å². The zero-order valence-electron chi connectivity index (χ0n) is 16.4. The van der Waals surface area contributed by atoms with Crippen molar-refractivity contribution in [2.45, 2.75) is 37.5 Å². The van der Waals surface area contributed by atoms with Gasteiger partial charge in [-0.05, 0) is 49.2 Å². The quantitative estimate of drug-likeness (QED) is 0.555. The molecule has 3 aromatic rings. The number of carbonyl (C=O) groups is 1. The molecule has 0 aliphatic rings. The number of carboxylic acid groups (broad SMARTS) is 1. The van der Waals surface area contributed by atoms with Crippen LogP contribution in [0.25, 0.3) is 0 Å². The second-order valence-corrected chi connectivity index (χ2v) is 9.83. The largest absolute Gasteiger partial charge is 0.481 e. The fourth-order valence-corrected chi connectivity index (χ4v) is 4.86. The minimum Gasteiger partial charge on any atom is -0.481 e. The SMILES string of the molecule is Cc1nn(Cc2ccc(S(=O)(=O)Cc3ccc(Cl)c(Cl)c3)cc2)c(C)c1CC(=O)O. The van der Waals surface area contributed by atoms with E-state index in [1.807, 2.05) is 6.92 Å². The molecule has 0 aliphatic heterocycles. The fraction of sp³-hybridized carbons (Fsp3) is 0.238. The van der Waals surface area contributed by atoms with Crippen molar-refractivity contribution in [3.8, 4) is 0 Å². The van der Waals surface area contributed by atoms with Crippen LogP contribution in [0, 0.1) is 13.8 Å². The van der Waals surface area contributed by atoms with E-state index in [2.05, 4.69) is 5.10 Å². The number of rotatable bonds is 7. The Morgan fingerprint density at radius 3 is 2.27 bits per heavy atom. The van der Waals surface area contributed by atoms with Gasteiger partial charge in [0.2, 0.25) is 0 Å². The molecule has 0 spiro atoms. The van der Waals surface area contributed by atoms with Crippen molar-refractivity contribution in [2.24, 2.45) is 0 Å². The Balaban J connectivity index is 1.77. The van der Waals surface area contributed by atoms with Crippen LogP contribution in [-0.2, 0) is 33.4 Å². The van der Waals surface area contributed by atoms with Gasteiger partial charge in [0.15, 0.2) is 9.84 Å². The summed E-state index contributed by atoms with van der Waals surface area (Å²) in [6.45, 7) is 4.02. The number of halogens is 2. The number of hydrogen-bond acceptors (Lipinski definition) is 4. The van der Waals surface area contributed by atoms with E-state index in [0.717, 1.165) is 11.3 Å². The summed E-state index contributed by atoms with van der Waals surface area (Å²) < 4.78 is 27.2. The molecule has 0 saturated heterocycles. The van der Waals surface area contributed by atoms with E-state index in [0.29, 0.717) is 33.4 Å². The molecule has 158 valence electrons. The van der Waals surface area contributed by atoms with Gasteiger partial charge in [0.25, 0.3) is 0 Å². The van der Waals surface area contributed by atoms with Gasteiger partial charge >= 0.3 is 5.97 Å². The molecule has 1 N–H and O–H groups in total. The zero-order valence-corrected chi connectivity index (χ0v) is 18.7. The summed E-state index contributed by atoms with van der Waals surface area (Å²) in [6, 6.07) is 11.3. The minimum absolute atomic E-state index is 0.0798. The third-order valence-corrected chi connectivity index (χ3v) is 7.26. The van der Waals surface area contributed by atoms with Gasteiger partial charge in [-0.2, -0.15) is 5.10 Å². The lowest BCUT2D eigenvalue weighted by atomic mass is 10.1. The smallest absolute Gasteiger partial charge is 0.307 e. The summed E-state index contributed by atoms with van der Waals surface area (Å²) >= 11 is 11.9. The van der Waals surface area contributed by atoms with Crippen LogP contribution < -0.4 is 0 Å². The summed E-state index contributed by atoms with van der Waals surface area (Å²) in [5.74, 6) is -1.09. The molecule has 6 nitrogen and oxygen atoms in total. The predicted molar refractivity (Wildman–Crippen MR) is 116 cm³/mol. The topological polar surface area (TPSA) is 89.3 Å². The van der Waals surface area contributed by atoms with Gasteiger partial charge in [0.05, 0.1) is 39.4 Å². The van der Waals surface area contributed by atoms with Gasteiger partial charge in [0.1, 0.15) is 0 Å². The molecule has 30 heavy (non-hydrogen) atoms. The Morgan fingerprint density at radius 1 is 1.03 bits per heavy atom. The van der Waals surface area contributed by atoms with E-state index in [-0.39, 0.29) is 17.1 Å². The first-order valence-electron chi connectivity index (χ1n) is 9.07. The number of nitrogens with zero attached hydrogens (tertiary/aromatic N) is 2. The molecule has 0 fully saturated rings. The highest BCUT2D eigenvalue weighted by atomic mass is 35.5. The number of carboxylic acids is 1. The van der Waals surface area contributed by atoms with Gasteiger partial charge in [0, 0.05) is 11.3 Å². The molecule has 2 aromatic carbocycles. The molecule has 0 saturated carbocycles. The lowest BCUT2D eigenvalue weighted by Gasteiger charge is -2.09. The summed E-state index contributed by atoms with van der Waals surface area (Å²) in [4.78, 5) is 11.2. The van der Waals surface area contributed by atoms with Crippen LogP contribution in [-0.4, -0.2) is 29.3 Å². The second kappa shape index (κ2) is 8.79. The van der Waals surface area contributed by atoms with E-state index < -0.39 is 15.8 Å². The Hall–Kier alpha value is -2.35. The minimum atomic E-state index is -3.55. The Bertz CT molecular complexity index is 1200. The van der Waals surface area contributed by atoms with Crippen molar-refractivity contribution in [2.75, 3.05) is 0 Å². The lowest BCUT2D eigenvalue weighted by Crippen LogP contribution is -2.07. The van der Waals surface area contributed by atoms with Crippen molar-refractivity contribution < 1.29 is 18.3 Å². The molecule has 3 rings (SSSR count). The van der Waals surface area contributed by atoms with Crippen molar-refractivity contribution in [3.05, 3.63) is 80.6 Å². The van der Waals surface area contributed by atoms with E-state index in [4.69, 9.17) is 28.3 Å². The van der Waals surface area contributed by atoms with Crippen LogP contribution in [0.4, 0.5) is 0 Å². The first-order chi connectivity index (χ1) is 14.1. The molecular formula is C21H20Cl2N2O4S. The van der Waals surface area contributed by atoms with E-state index in [9.17, 15) is 13.2 Å². The Kier molecular flexibility index (Phi) is 6.55. The third-order valence-electron chi connectivity index (χ3n) is 4.81. The van der Waals surface area contributed by atoms with Crippen LogP contribution in [0.5, 0.6) is 0 Å². The molecule has 0 radical (unpaired) electrons. The van der Waals surface area contributed by atoms with Gasteiger partial charge in [-0.3, -0.25) is 9.48 Å². The van der Waals surface area contributed by atoms with Crippen LogP contribution in [0.1, 0.15) is 28.1 Å². The highest BCUT2D eigenvalue weighted by Crippen LogP contribution is 2.25. The molecular weight excluding hydrogens is 447 g/mol. The Labute approximate surface area is 185 Å². The van der Waals surface area contributed by atoms with Crippen LogP contribution in [0.2, 0.25) is 10.0 Å². The summed E-state index contributed by atoms with van der Waals surface area (Å²) in [5, 5.41) is 14.1. The molecule has 0 aliphatic carbocycles. The standard InChI is InChI=1S/C21H20Cl2N2O4S/c1-13-18(10-21(26)27)14(2)25(24-13)11-15-3-6-17(7-4-15)30(28,29)12-16-5-8-19(22)20(23)9-16/h3-9H,10-12H2,1-2H3,(H,26,27). The van der Waals surface area contributed by atoms with E-state index in [1.165, 1.54) is 0 Å². The molecule has 0 unspecified atom stereocenters. The van der Waals surface area contributed by atoms with Gasteiger partial charge in [-0.1, -0.05) is 41.4 Å². The maximum absolute atomic E-state index is 12.7. The monoisotopic (exact) mass is 466 g/mol. The second-order valence-electron chi connectivity index (χ2n) is 7.03. The number of sulfone groups is 1. The van der Waals surface area contributed by atoms with Crippen molar-refractivity contribution in [1.82, 2.24) is 9.78 Å². The maximum Gasteiger partial charge on any atom is 0.307 e. The summed E-state index contributed by atoms with van der Waals surface area (Å²) in [7, 11) is -3.55. The van der Waals surface area contributed by atoms with Gasteiger partial charge in [-0.15, -0.1) is 0 Å².